The van der Waals surface area contributed by atoms with Crippen molar-refractivity contribution in [2.24, 2.45) is 5.10 Å². The Kier molecular flexibility index (Phi) is 5.82. The van der Waals surface area contributed by atoms with Crippen LogP contribution in [-0.4, -0.2) is 25.2 Å². The first-order valence-electron chi connectivity index (χ1n) is 8.97. The maximum absolute atomic E-state index is 13.9. The van der Waals surface area contributed by atoms with Gasteiger partial charge < -0.3 is 4.90 Å². The van der Waals surface area contributed by atoms with Crippen LogP contribution in [0.5, 0.6) is 0 Å². The zero-order valence-electron chi connectivity index (χ0n) is 15.2. The van der Waals surface area contributed by atoms with Gasteiger partial charge in [-0.1, -0.05) is 6.07 Å². The molecule has 1 N–H and O–H groups in total. The maximum atomic E-state index is 13.9. The van der Waals surface area contributed by atoms with Crippen molar-refractivity contribution < 1.29 is 9.18 Å². The first-order valence-corrected chi connectivity index (χ1v) is 8.97. The summed E-state index contributed by atoms with van der Waals surface area (Å²) in [6.45, 7) is 4.16. The summed E-state index contributed by atoms with van der Waals surface area (Å²) < 4.78 is 13.9. The number of benzene rings is 2. The molecule has 0 aliphatic carbocycles. The Labute approximate surface area is 158 Å². The third kappa shape index (κ3) is 4.50. The number of nitriles is 1. The van der Waals surface area contributed by atoms with E-state index in [1.165, 1.54) is 37.1 Å². The van der Waals surface area contributed by atoms with Gasteiger partial charge in [-0.2, -0.15) is 10.4 Å². The number of hydrogen-bond acceptors (Lipinski definition) is 4. The van der Waals surface area contributed by atoms with E-state index in [4.69, 9.17) is 5.26 Å². The van der Waals surface area contributed by atoms with Gasteiger partial charge in [-0.15, -0.1) is 0 Å². The van der Waals surface area contributed by atoms with Crippen LogP contribution in [0.15, 0.2) is 41.5 Å². The second-order valence-electron chi connectivity index (χ2n) is 6.59. The number of nitrogens with zero attached hydrogens (tertiary/aromatic N) is 3. The second-order valence-corrected chi connectivity index (χ2v) is 6.59. The number of anilines is 1. The van der Waals surface area contributed by atoms with E-state index in [1.54, 1.807) is 6.21 Å². The Bertz CT molecular complexity index is 911. The Morgan fingerprint density at radius 2 is 2.00 bits per heavy atom. The number of halogens is 1. The molecule has 1 heterocycles. The highest BCUT2D eigenvalue weighted by Gasteiger charge is 2.13. The summed E-state index contributed by atoms with van der Waals surface area (Å²) in [4.78, 5) is 14.4. The number of carbonyl (C=O) groups excluding carboxylic acids is 1. The monoisotopic (exact) mass is 364 g/mol. The lowest BCUT2D eigenvalue weighted by Crippen LogP contribution is -2.29. The van der Waals surface area contributed by atoms with E-state index < -0.39 is 11.7 Å². The van der Waals surface area contributed by atoms with Crippen molar-refractivity contribution in [2.45, 2.75) is 26.2 Å². The lowest BCUT2D eigenvalue weighted by Gasteiger charge is -2.29. The van der Waals surface area contributed by atoms with E-state index in [0.717, 1.165) is 30.3 Å². The van der Waals surface area contributed by atoms with Gasteiger partial charge in [0, 0.05) is 18.8 Å². The molecule has 0 atom stereocenters. The molecule has 1 amide bonds. The average Bonchev–Trinajstić information content (AvgIpc) is 2.69. The van der Waals surface area contributed by atoms with Crippen molar-refractivity contribution in [2.75, 3.05) is 18.0 Å². The number of aryl methyl sites for hydroxylation is 1. The summed E-state index contributed by atoms with van der Waals surface area (Å²) in [5.41, 5.74) is 5.49. The molecule has 5 nitrogen and oxygen atoms in total. The van der Waals surface area contributed by atoms with Crippen LogP contribution < -0.4 is 10.3 Å². The number of amides is 1. The first kappa shape index (κ1) is 18.6. The van der Waals surface area contributed by atoms with E-state index >= 15 is 0 Å². The van der Waals surface area contributed by atoms with Gasteiger partial charge in [-0.25, -0.2) is 9.82 Å². The Morgan fingerprint density at radius 1 is 1.22 bits per heavy atom. The van der Waals surface area contributed by atoms with Crippen molar-refractivity contribution in [3.05, 3.63) is 64.5 Å². The van der Waals surface area contributed by atoms with Crippen LogP contribution in [-0.2, 0) is 0 Å². The van der Waals surface area contributed by atoms with Crippen LogP contribution in [0.2, 0.25) is 0 Å². The molecule has 0 saturated carbocycles. The molecule has 0 unspecified atom stereocenters. The van der Waals surface area contributed by atoms with Gasteiger partial charge in [0.25, 0.3) is 5.91 Å². The summed E-state index contributed by atoms with van der Waals surface area (Å²) in [7, 11) is 0. The van der Waals surface area contributed by atoms with E-state index in [-0.39, 0.29) is 11.1 Å². The van der Waals surface area contributed by atoms with Crippen molar-refractivity contribution in [1.29, 1.82) is 5.26 Å². The highest BCUT2D eigenvalue weighted by Crippen LogP contribution is 2.22. The molecule has 6 heteroatoms. The molecule has 0 bridgehead atoms. The Balaban J connectivity index is 1.65. The molecule has 0 spiro atoms. The number of nitrogens with one attached hydrogen (secondary N) is 1. The summed E-state index contributed by atoms with van der Waals surface area (Å²) in [6, 6.07) is 11.7. The molecule has 2 aromatic carbocycles. The number of piperidine rings is 1. The SMILES string of the molecule is Cc1cc(N2CCCCC2)ccc1/C=N/NC(=O)c1ccc(C#N)cc1F. The molecule has 1 aliphatic heterocycles. The third-order valence-electron chi connectivity index (χ3n) is 4.69. The van der Waals surface area contributed by atoms with Crippen molar-refractivity contribution in [1.82, 2.24) is 5.43 Å². The zero-order chi connectivity index (χ0) is 19.2. The molecule has 3 rings (SSSR count). The molecule has 138 valence electrons. The Morgan fingerprint density at radius 3 is 2.67 bits per heavy atom. The lowest BCUT2D eigenvalue weighted by molar-refractivity contribution is 0.0951. The standard InChI is InChI=1S/C21H21FN4O/c1-15-11-18(26-9-3-2-4-10-26)7-6-17(15)14-24-25-21(27)19-8-5-16(13-23)12-20(19)22/h5-8,11-12,14H,2-4,9-10H2,1H3,(H,25,27)/b24-14+. The highest BCUT2D eigenvalue weighted by atomic mass is 19.1. The van der Waals surface area contributed by atoms with Crippen LogP contribution in [0.1, 0.15) is 46.3 Å². The van der Waals surface area contributed by atoms with Crippen molar-refractivity contribution >= 4 is 17.8 Å². The fraction of sp³-hybridized carbons (Fsp3) is 0.286. The summed E-state index contributed by atoms with van der Waals surface area (Å²) in [5.74, 6) is -1.40. The molecule has 1 aliphatic rings. The zero-order valence-corrected chi connectivity index (χ0v) is 15.2. The topological polar surface area (TPSA) is 68.5 Å². The van der Waals surface area contributed by atoms with Gasteiger partial charge >= 0.3 is 0 Å². The van der Waals surface area contributed by atoms with Crippen molar-refractivity contribution in [3.8, 4) is 6.07 Å². The van der Waals surface area contributed by atoms with Gasteiger partial charge in [0.05, 0.1) is 23.4 Å². The fourth-order valence-corrected chi connectivity index (χ4v) is 3.14. The van der Waals surface area contributed by atoms with E-state index in [9.17, 15) is 9.18 Å². The molecule has 1 fully saturated rings. The van der Waals surface area contributed by atoms with E-state index in [0.29, 0.717) is 0 Å². The van der Waals surface area contributed by atoms with Crippen LogP contribution >= 0.6 is 0 Å². The maximum Gasteiger partial charge on any atom is 0.274 e. The number of hydrogen-bond donors (Lipinski definition) is 1. The van der Waals surface area contributed by atoms with Crippen LogP contribution in [0.4, 0.5) is 10.1 Å². The second kappa shape index (κ2) is 8.45. The summed E-state index contributed by atoms with van der Waals surface area (Å²) in [6.07, 6.45) is 5.29. The van der Waals surface area contributed by atoms with Gasteiger partial charge in [0.15, 0.2) is 0 Å². The van der Waals surface area contributed by atoms with Gasteiger partial charge in [0.2, 0.25) is 0 Å². The fourth-order valence-electron chi connectivity index (χ4n) is 3.14. The third-order valence-corrected chi connectivity index (χ3v) is 4.69. The molecular weight excluding hydrogens is 343 g/mol. The van der Waals surface area contributed by atoms with Crippen LogP contribution in [0.25, 0.3) is 0 Å². The first-order chi connectivity index (χ1) is 13.1. The van der Waals surface area contributed by atoms with Gasteiger partial charge in [0.1, 0.15) is 5.82 Å². The number of carbonyl (C=O) groups is 1. The molecule has 0 radical (unpaired) electrons. The molecule has 2 aromatic rings. The van der Waals surface area contributed by atoms with E-state index in [2.05, 4.69) is 27.6 Å². The van der Waals surface area contributed by atoms with E-state index in [1.807, 2.05) is 19.1 Å². The molecular formula is C21H21FN4O. The minimum absolute atomic E-state index is 0.150. The lowest BCUT2D eigenvalue weighted by atomic mass is 10.1. The quantitative estimate of drug-likeness (QED) is 0.663. The minimum atomic E-state index is -0.746. The van der Waals surface area contributed by atoms with Gasteiger partial charge in [-0.3, -0.25) is 4.79 Å². The van der Waals surface area contributed by atoms with Crippen molar-refractivity contribution in [3.63, 3.8) is 0 Å². The predicted octanol–water partition coefficient (Wildman–Crippen LogP) is 3.76. The van der Waals surface area contributed by atoms with Crippen LogP contribution in [0, 0.1) is 24.1 Å². The molecule has 27 heavy (non-hydrogen) atoms. The van der Waals surface area contributed by atoms with Crippen LogP contribution in [0.3, 0.4) is 0 Å². The average molecular weight is 364 g/mol. The number of hydrazone groups is 1. The largest absolute Gasteiger partial charge is 0.372 e. The summed E-state index contributed by atoms with van der Waals surface area (Å²) in [5, 5.41) is 12.7. The number of rotatable bonds is 4. The molecule has 0 aromatic heterocycles. The smallest absolute Gasteiger partial charge is 0.274 e. The summed E-state index contributed by atoms with van der Waals surface area (Å²) >= 11 is 0. The highest BCUT2D eigenvalue weighted by molar-refractivity contribution is 5.95. The molecule has 1 saturated heterocycles. The van der Waals surface area contributed by atoms with Gasteiger partial charge in [-0.05, 0) is 67.6 Å². The predicted molar refractivity (Wildman–Crippen MR) is 103 cm³/mol. The Hall–Kier alpha value is -3.20. The minimum Gasteiger partial charge on any atom is -0.372 e. The normalized spacial score (nSPS) is 14.2.